The number of nitrogens with one attached hydrogen (secondary N) is 1. The lowest BCUT2D eigenvalue weighted by molar-refractivity contribution is -0.111. The summed E-state index contributed by atoms with van der Waals surface area (Å²) in [6.07, 6.45) is 8.78. The predicted octanol–water partition coefficient (Wildman–Crippen LogP) is -0.0965. The molecule has 0 fully saturated rings. The van der Waals surface area contributed by atoms with Gasteiger partial charge in [-0.3, -0.25) is 5.84 Å². The quantitative estimate of drug-likeness (QED) is 0.318. The number of carbonyl (C=O) groups excluding carboxylic acids is 1. The molecule has 0 aromatic heterocycles. The van der Waals surface area contributed by atoms with Gasteiger partial charge in [-0.15, -0.1) is 0 Å². The van der Waals surface area contributed by atoms with Gasteiger partial charge in [-0.25, -0.2) is 5.43 Å². The van der Waals surface area contributed by atoms with Gasteiger partial charge in [0.2, 0.25) is 0 Å². The summed E-state index contributed by atoms with van der Waals surface area (Å²) in [5, 5.41) is 0. The maximum absolute atomic E-state index is 10.5. The minimum atomic E-state index is -0.658. The second-order valence-electron chi connectivity index (χ2n) is 2.29. The minimum Gasteiger partial charge on any atom is -0.301 e. The number of carbonyl (C=O) groups is 1. The van der Waals surface area contributed by atoms with Gasteiger partial charge in [-0.05, 0) is 6.42 Å². The molecule has 0 amide bonds. The van der Waals surface area contributed by atoms with Crippen LogP contribution in [0.2, 0.25) is 0 Å². The van der Waals surface area contributed by atoms with E-state index in [0.717, 1.165) is 6.29 Å². The van der Waals surface area contributed by atoms with Crippen molar-refractivity contribution in [3.8, 4) is 0 Å². The van der Waals surface area contributed by atoms with E-state index < -0.39 is 5.54 Å². The molecule has 0 spiro atoms. The molecule has 0 saturated carbocycles. The summed E-state index contributed by atoms with van der Waals surface area (Å²) >= 11 is 0. The summed E-state index contributed by atoms with van der Waals surface area (Å²) in [4.78, 5) is 10.5. The molecule has 3 nitrogen and oxygen atoms in total. The molecule has 54 valence electrons. The molecule has 3 heteroatoms. The fourth-order valence-corrected chi connectivity index (χ4v) is 0.865. The second kappa shape index (κ2) is 2.77. The van der Waals surface area contributed by atoms with Crippen molar-refractivity contribution in [2.75, 3.05) is 0 Å². The predicted molar refractivity (Wildman–Crippen MR) is 39.0 cm³/mol. The zero-order valence-corrected chi connectivity index (χ0v) is 5.58. The van der Waals surface area contributed by atoms with Crippen molar-refractivity contribution in [3.05, 3.63) is 24.3 Å². The minimum absolute atomic E-state index is 0.628. The zero-order chi connectivity index (χ0) is 7.45. The molecular weight excluding hydrogens is 128 g/mol. The topological polar surface area (TPSA) is 55.1 Å². The van der Waals surface area contributed by atoms with Crippen LogP contribution in [0.1, 0.15) is 6.42 Å². The fraction of sp³-hybridized carbons (Fsp3) is 0.286. The molecule has 1 atom stereocenters. The van der Waals surface area contributed by atoms with Crippen LogP contribution in [-0.2, 0) is 4.79 Å². The summed E-state index contributed by atoms with van der Waals surface area (Å²) in [5.41, 5.74) is 1.80. The van der Waals surface area contributed by atoms with Crippen molar-refractivity contribution in [1.82, 2.24) is 5.43 Å². The van der Waals surface area contributed by atoms with E-state index in [1.807, 2.05) is 12.2 Å². The van der Waals surface area contributed by atoms with E-state index >= 15 is 0 Å². The van der Waals surface area contributed by atoms with Gasteiger partial charge in [-0.1, -0.05) is 24.3 Å². The molecule has 0 aliphatic heterocycles. The first-order valence-corrected chi connectivity index (χ1v) is 3.11. The van der Waals surface area contributed by atoms with E-state index in [0.29, 0.717) is 6.42 Å². The Hall–Kier alpha value is -0.930. The third-order valence-corrected chi connectivity index (χ3v) is 1.58. The molecule has 0 aromatic carbocycles. The first-order valence-electron chi connectivity index (χ1n) is 3.11. The highest BCUT2D eigenvalue weighted by Gasteiger charge is 2.23. The van der Waals surface area contributed by atoms with Crippen LogP contribution in [0.5, 0.6) is 0 Å². The Morgan fingerprint density at radius 3 is 2.70 bits per heavy atom. The lowest BCUT2D eigenvalue weighted by atomic mass is 9.94. The average Bonchev–Trinajstić information content (AvgIpc) is 2.06. The van der Waals surface area contributed by atoms with E-state index in [4.69, 9.17) is 5.84 Å². The maximum atomic E-state index is 10.5. The van der Waals surface area contributed by atoms with Crippen LogP contribution in [-0.4, -0.2) is 11.8 Å². The summed E-state index contributed by atoms with van der Waals surface area (Å²) in [6, 6.07) is 0. The first-order chi connectivity index (χ1) is 4.83. The van der Waals surface area contributed by atoms with E-state index in [1.165, 1.54) is 0 Å². The number of rotatable bonds is 2. The number of allylic oxidation sites excluding steroid dienone is 2. The lowest BCUT2D eigenvalue weighted by Crippen LogP contribution is -2.49. The Kier molecular flexibility index (Phi) is 1.99. The van der Waals surface area contributed by atoms with Crippen molar-refractivity contribution in [2.24, 2.45) is 5.84 Å². The van der Waals surface area contributed by atoms with Gasteiger partial charge in [0, 0.05) is 0 Å². The SMILES string of the molecule is NNC1(C=O)C=CC=CC1. The van der Waals surface area contributed by atoms with Crippen LogP contribution in [0.25, 0.3) is 0 Å². The normalized spacial score (nSPS) is 30.5. The standard InChI is InChI=1S/C7H10N2O/c8-9-7(6-10)4-2-1-3-5-7/h1-4,6,9H,5,8H2. The molecule has 3 N–H and O–H groups in total. The number of hydrogen-bond acceptors (Lipinski definition) is 3. The Morgan fingerprint density at radius 2 is 2.40 bits per heavy atom. The second-order valence-corrected chi connectivity index (χ2v) is 2.29. The molecular formula is C7H10N2O. The van der Waals surface area contributed by atoms with E-state index in [-0.39, 0.29) is 0 Å². The van der Waals surface area contributed by atoms with Gasteiger partial charge < -0.3 is 4.79 Å². The van der Waals surface area contributed by atoms with Crippen LogP contribution in [0.15, 0.2) is 24.3 Å². The van der Waals surface area contributed by atoms with Crippen molar-refractivity contribution in [3.63, 3.8) is 0 Å². The number of hydrazine groups is 1. The van der Waals surface area contributed by atoms with E-state index in [1.54, 1.807) is 12.2 Å². The molecule has 0 aromatic rings. The highest BCUT2D eigenvalue weighted by atomic mass is 16.1. The molecule has 0 radical (unpaired) electrons. The molecule has 0 bridgehead atoms. The lowest BCUT2D eigenvalue weighted by Gasteiger charge is -2.22. The van der Waals surface area contributed by atoms with E-state index in [9.17, 15) is 4.79 Å². The van der Waals surface area contributed by atoms with Gasteiger partial charge in [0.15, 0.2) is 0 Å². The largest absolute Gasteiger partial charge is 0.301 e. The molecule has 1 aliphatic rings. The van der Waals surface area contributed by atoms with Crippen LogP contribution >= 0.6 is 0 Å². The monoisotopic (exact) mass is 138 g/mol. The van der Waals surface area contributed by atoms with Gasteiger partial charge in [0.25, 0.3) is 0 Å². The fourth-order valence-electron chi connectivity index (χ4n) is 0.865. The van der Waals surface area contributed by atoms with Crippen LogP contribution in [0.4, 0.5) is 0 Å². The Labute approximate surface area is 59.6 Å². The molecule has 0 saturated heterocycles. The number of hydrogen-bond donors (Lipinski definition) is 2. The highest BCUT2D eigenvalue weighted by Crippen LogP contribution is 2.12. The van der Waals surface area contributed by atoms with Crippen LogP contribution in [0, 0.1) is 0 Å². The van der Waals surface area contributed by atoms with Crippen molar-refractivity contribution in [1.29, 1.82) is 0 Å². The average molecular weight is 138 g/mol. The van der Waals surface area contributed by atoms with E-state index in [2.05, 4.69) is 5.43 Å². The Bertz CT molecular complexity index is 186. The van der Waals surface area contributed by atoms with Crippen molar-refractivity contribution < 1.29 is 4.79 Å². The summed E-state index contributed by atoms with van der Waals surface area (Å²) < 4.78 is 0. The van der Waals surface area contributed by atoms with Gasteiger partial charge in [0.05, 0.1) is 0 Å². The Balaban J connectivity index is 2.75. The molecule has 1 rings (SSSR count). The van der Waals surface area contributed by atoms with Crippen LogP contribution in [0.3, 0.4) is 0 Å². The maximum Gasteiger partial charge on any atom is 0.145 e. The van der Waals surface area contributed by atoms with Crippen molar-refractivity contribution >= 4 is 6.29 Å². The van der Waals surface area contributed by atoms with Gasteiger partial charge in [-0.2, -0.15) is 0 Å². The molecule has 10 heavy (non-hydrogen) atoms. The number of nitrogens with two attached hydrogens (primary N) is 1. The highest BCUT2D eigenvalue weighted by molar-refractivity contribution is 5.69. The number of aldehydes is 1. The summed E-state index contributed by atoms with van der Waals surface area (Å²) in [7, 11) is 0. The third kappa shape index (κ3) is 1.15. The van der Waals surface area contributed by atoms with Crippen LogP contribution < -0.4 is 11.3 Å². The summed E-state index contributed by atoms with van der Waals surface area (Å²) in [5.74, 6) is 5.18. The van der Waals surface area contributed by atoms with Gasteiger partial charge >= 0.3 is 0 Å². The van der Waals surface area contributed by atoms with Crippen molar-refractivity contribution in [2.45, 2.75) is 12.0 Å². The molecule has 1 aliphatic carbocycles. The van der Waals surface area contributed by atoms with Gasteiger partial charge in [0.1, 0.15) is 11.8 Å². The smallest absolute Gasteiger partial charge is 0.145 e. The summed E-state index contributed by atoms with van der Waals surface area (Å²) in [6.45, 7) is 0. The first kappa shape index (κ1) is 7.18. The molecule has 0 heterocycles. The Morgan fingerprint density at radius 1 is 1.60 bits per heavy atom. The molecule has 1 unspecified atom stereocenters. The zero-order valence-electron chi connectivity index (χ0n) is 5.58. The third-order valence-electron chi connectivity index (χ3n) is 1.58.